The van der Waals surface area contributed by atoms with Crippen molar-refractivity contribution in [2.75, 3.05) is 0 Å². The molecule has 1 aromatic heterocycles. The van der Waals surface area contributed by atoms with E-state index in [0.717, 1.165) is 0 Å². The first-order valence-electron chi connectivity index (χ1n) is 4.34. The van der Waals surface area contributed by atoms with Gasteiger partial charge in [-0.25, -0.2) is 14.8 Å². The van der Waals surface area contributed by atoms with E-state index < -0.39 is 12.1 Å². The summed E-state index contributed by atoms with van der Waals surface area (Å²) in [5.41, 5.74) is 0. The van der Waals surface area contributed by atoms with Gasteiger partial charge in [0, 0.05) is 12.4 Å². The number of ether oxygens (including phenoxy) is 2. The summed E-state index contributed by atoms with van der Waals surface area (Å²) in [5.74, 6) is -0.540. The fraction of sp³-hybridized carbons (Fsp3) is 0.100. The van der Waals surface area contributed by atoms with E-state index in [1.807, 2.05) is 0 Å². The molecule has 1 aliphatic rings. The molecule has 5 heteroatoms. The predicted molar refractivity (Wildman–Crippen MR) is 50.8 cm³/mol. The first kappa shape index (κ1) is 9.39. The molecular weight excluding hydrogens is 196 g/mol. The summed E-state index contributed by atoms with van der Waals surface area (Å²) in [6, 6.07) is 1.66. The molecule has 0 N–H and O–H groups in total. The van der Waals surface area contributed by atoms with Gasteiger partial charge >= 0.3 is 12.0 Å². The molecular formula is C10H8N2O3. The lowest BCUT2D eigenvalue weighted by molar-refractivity contribution is -0.142. The van der Waals surface area contributed by atoms with Gasteiger partial charge in [0.1, 0.15) is 0 Å². The highest BCUT2D eigenvalue weighted by Crippen LogP contribution is 2.06. The van der Waals surface area contributed by atoms with Crippen LogP contribution in [-0.2, 0) is 9.53 Å². The highest BCUT2D eigenvalue weighted by atomic mass is 16.6. The largest absolute Gasteiger partial charge is 0.482 e. The molecule has 0 saturated carbocycles. The lowest BCUT2D eigenvalue weighted by atomic mass is 10.3. The Kier molecular flexibility index (Phi) is 2.73. The second kappa shape index (κ2) is 4.36. The zero-order valence-corrected chi connectivity index (χ0v) is 7.74. The second-order valence-corrected chi connectivity index (χ2v) is 2.72. The number of carbonyl (C=O) groups is 1. The van der Waals surface area contributed by atoms with Crippen LogP contribution in [0.2, 0.25) is 0 Å². The maximum absolute atomic E-state index is 11.5. The number of hydrogen-bond acceptors (Lipinski definition) is 5. The van der Waals surface area contributed by atoms with Crippen LogP contribution in [0.5, 0.6) is 6.01 Å². The highest BCUT2D eigenvalue weighted by Gasteiger charge is 2.20. The Balaban J connectivity index is 1.98. The number of allylic oxidation sites excluding steroid dienone is 2. The molecule has 2 heterocycles. The molecule has 0 spiro atoms. The van der Waals surface area contributed by atoms with Gasteiger partial charge in [0.2, 0.25) is 6.10 Å². The molecule has 1 aromatic rings. The number of nitrogens with zero attached hydrogens (tertiary/aromatic N) is 2. The van der Waals surface area contributed by atoms with Crippen LogP contribution < -0.4 is 4.74 Å². The van der Waals surface area contributed by atoms with E-state index in [0.29, 0.717) is 0 Å². The zero-order chi connectivity index (χ0) is 10.5. The van der Waals surface area contributed by atoms with E-state index in [1.54, 1.807) is 24.3 Å². The number of rotatable bonds is 2. The number of hydrogen-bond donors (Lipinski definition) is 0. The van der Waals surface area contributed by atoms with Crippen LogP contribution in [0.1, 0.15) is 0 Å². The SMILES string of the molecule is O=C(Oc1ncccn1)C1C=CC=CO1. The van der Waals surface area contributed by atoms with E-state index in [-0.39, 0.29) is 6.01 Å². The van der Waals surface area contributed by atoms with Crippen LogP contribution in [0.3, 0.4) is 0 Å². The van der Waals surface area contributed by atoms with Crippen LogP contribution in [0.4, 0.5) is 0 Å². The average Bonchev–Trinajstić information content (AvgIpc) is 2.31. The van der Waals surface area contributed by atoms with Crippen molar-refractivity contribution in [2.45, 2.75) is 6.10 Å². The number of aromatic nitrogens is 2. The van der Waals surface area contributed by atoms with Gasteiger partial charge in [-0.15, -0.1) is 0 Å². The first-order chi connectivity index (χ1) is 7.36. The molecule has 0 aliphatic carbocycles. The van der Waals surface area contributed by atoms with E-state index in [4.69, 9.17) is 9.47 Å². The third-order valence-electron chi connectivity index (χ3n) is 1.67. The van der Waals surface area contributed by atoms with Gasteiger partial charge in [-0.3, -0.25) is 0 Å². The summed E-state index contributed by atoms with van der Waals surface area (Å²) in [4.78, 5) is 19.0. The van der Waals surface area contributed by atoms with Crippen molar-refractivity contribution in [3.05, 3.63) is 43.0 Å². The third-order valence-corrected chi connectivity index (χ3v) is 1.67. The molecule has 15 heavy (non-hydrogen) atoms. The van der Waals surface area contributed by atoms with Crippen molar-refractivity contribution < 1.29 is 14.3 Å². The second-order valence-electron chi connectivity index (χ2n) is 2.72. The van der Waals surface area contributed by atoms with Crippen molar-refractivity contribution >= 4 is 5.97 Å². The number of carbonyl (C=O) groups excluding carboxylic acids is 1. The predicted octanol–water partition coefficient (Wildman–Crippen LogP) is 0.851. The summed E-state index contributed by atoms with van der Waals surface area (Å²) in [6.07, 6.45) is 8.67. The average molecular weight is 204 g/mol. The molecule has 5 nitrogen and oxygen atoms in total. The van der Waals surface area contributed by atoms with Gasteiger partial charge in [0.05, 0.1) is 6.26 Å². The van der Waals surface area contributed by atoms with Crippen molar-refractivity contribution in [3.63, 3.8) is 0 Å². The van der Waals surface area contributed by atoms with Gasteiger partial charge in [0.25, 0.3) is 0 Å². The topological polar surface area (TPSA) is 61.3 Å². The molecule has 1 aliphatic heterocycles. The van der Waals surface area contributed by atoms with Gasteiger partial charge in [-0.2, -0.15) is 0 Å². The summed E-state index contributed by atoms with van der Waals surface area (Å²) < 4.78 is 9.90. The minimum Gasteiger partial charge on any atom is -0.482 e. The summed E-state index contributed by atoms with van der Waals surface area (Å²) in [5, 5.41) is 0. The van der Waals surface area contributed by atoms with Crippen LogP contribution in [0, 0.1) is 0 Å². The van der Waals surface area contributed by atoms with Gasteiger partial charge in [-0.05, 0) is 18.2 Å². The van der Waals surface area contributed by atoms with Gasteiger partial charge in [0.15, 0.2) is 0 Å². The molecule has 1 unspecified atom stereocenters. The first-order valence-corrected chi connectivity index (χ1v) is 4.34. The maximum Gasteiger partial charge on any atom is 0.359 e. The quantitative estimate of drug-likeness (QED) is 0.668. The molecule has 1 atom stereocenters. The minimum absolute atomic E-state index is 0.0223. The molecule has 0 aromatic carbocycles. The standard InChI is InChI=1S/C10H8N2O3/c13-9(8-4-1-2-7-14-8)15-10-11-5-3-6-12-10/h1-8H. The fourth-order valence-corrected chi connectivity index (χ4v) is 1.01. The molecule has 2 rings (SSSR count). The third kappa shape index (κ3) is 2.40. The van der Waals surface area contributed by atoms with Crippen molar-refractivity contribution in [3.8, 4) is 6.01 Å². The normalized spacial score (nSPS) is 18.3. The maximum atomic E-state index is 11.5. The molecule has 0 amide bonds. The van der Waals surface area contributed by atoms with E-state index in [1.165, 1.54) is 18.7 Å². The Labute approximate surface area is 86.1 Å². The van der Waals surface area contributed by atoms with E-state index >= 15 is 0 Å². The minimum atomic E-state index is -0.723. The Hall–Kier alpha value is -2.17. The van der Waals surface area contributed by atoms with Crippen LogP contribution >= 0.6 is 0 Å². The summed E-state index contributed by atoms with van der Waals surface area (Å²) in [6.45, 7) is 0. The zero-order valence-electron chi connectivity index (χ0n) is 7.74. The molecule has 0 saturated heterocycles. The van der Waals surface area contributed by atoms with Crippen molar-refractivity contribution in [1.29, 1.82) is 0 Å². The monoisotopic (exact) mass is 204 g/mol. The van der Waals surface area contributed by atoms with Crippen molar-refractivity contribution in [2.24, 2.45) is 0 Å². The molecule has 0 radical (unpaired) electrons. The highest BCUT2D eigenvalue weighted by molar-refractivity contribution is 5.79. The van der Waals surface area contributed by atoms with Gasteiger partial charge in [-0.1, -0.05) is 6.08 Å². The summed E-state index contributed by atoms with van der Waals surface area (Å²) in [7, 11) is 0. The van der Waals surface area contributed by atoms with Crippen LogP contribution in [-0.4, -0.2) is 22.0 Å². The number of esters is 1. The smallest absolute Gasteiger partial charge is 0.359 e. The van der Waals surface area contributed by atoms with E-state index in [9.17, 15) is 4.79 Å². The summed E-state index contributed by atoms with van der Waals surface area (Å²) >= 11 is 0. The van der Waals surface area contributed by atoms with Crippen molar-refractivity contribution in [1.82, 2.24) is 9.97 Å². The Morgan fingerprint density at radius 2 is 2.13 bits per heavy atom. The lowest BCUT2D eigenvalue weighted by Gasteiger charge is -2.12. The Morgan fingerprint density at radius 3 is 2.80 bits per heavy atom. The molecule has 0 bridgehead atoms. The van der Waals surface area contributed by atoms with E-state index in [2.05, 4.69) is 9.97 Å². The fourth-order valence-electron chi connectivity index (χ4n) is 1.01. The molecule has 0 fully saturated rings. The Bertz CT molecular complexity index is 400. The van der Waals surface area contributed by atoms with Gasteiger partial charge < -0.3 is 9.47 Å². The molecule has 76 valence electrons. The Morgan fingerprint density at radius 1 is 1.33 bits per heavy atom. The van der Waals surface area contributed by atoms with Crippen LogP contribution in [0.25, 0.3) is 0 Å². The lowest BCUT2D eigenvalue weighted by Crippen LogP contribution is -2.26. The van der Waals surface area contributed by atoms with Crippen LogP contribution in [0.15, 0.2) is 43.0 Å².